The molecular weight excluding hydrogens is 210 g/mol. The number of hydrogen-bond donors (Lipinski definition) is 2. The summed E-state index contributed by atoms with van der Waals surface area (Å²) in [5, 5.41) is 1.71. The normalized spacial score (nSPS) is 11.0. The van der Waals surface area contributed by atoms with E-state index in [4.69, 9.17) is 11.6 Å². The summed E-state index contributed by atoms with van der Waals surface area (Å²) < 4.78 is 0. The summed E-state index contributed by atoms with van der Waals surface area (Å²) in [5.74, 6) is 0.776. The minimum atomic E-state index is 0.686. The monoisotopic (exact) mass is 216 g/mol. The molecule has 0 saturated heterocycles. The average molecular weight is 217 g/mol. The van der Waals surface area contributed by atoms with Gasteiger partial charge in [0.25, 0.3) is 0 Å². The van der Waals surface area contributed by atoms with Crippen LogP contribution in [0.15, 0.2) is 30.6 Å². The van der Waals surface area contributed by atoms with Crippen LogP contribution in [0.25, 0.3) is 22.3 Å². The second-order valence-corrected chi connectivity index (χ2v) is 3.64. The molecule has 0 atom stereocenters. The molecule has 3 rings (SSSR count). The van der Waals surface area contributed by atoms with E-state index < -0.39 is 0 Å². The number of aromatic amines is 2. The van der Waals surface area contributed by atoms with Crippen LogP contribution in [0.5, 0.6) is 0 Å². The van der Waals surface area contributed by atoms with Gasteiger partial charge in [-0.15, -0.1) is 0 Å². The van der Waals surface area contributed by atoms with Crippen molar-refractivity contribution in [1.29, 1.82) is 0 Å². The smallest absolute Gasteiger partial charge is 0.139 e. The molecule has 0 unspecified atom stereocenters. The molecule has 0 spiro atoms. The van der Waals surface area contributed by atoms with Crippen molar-refractivity contribution < 1.29 is 0 Å². The fourth-order valence-electron chi connectivity index (χ4n) is 1.68. The van der Waals surface area contributed by atoms with Crippen molar-refractivity contribution in [2.24, 2.45) is 0 Å². The Morgan fingerprint density at radius 3 is 3.07 bits per heavy atom. The van der Waals surface area contributed by atoms with Crippen LogP contribution in [0.2, 0.25) is 5.02 Å². The number of nitrogens with zero attached hydrogens (tertiary/aromatic N) is 1. The maximum atomic E-state index is 6.16. The zero-order chi connectivity index (χ0) is 10.3. The molecule has 15 heavy (non-hydrogen) atoms. The van der Waals surface area contributed by atoms with Gasteiger partial charge in [-0.05, 0) is 18.2 Å². The number of nitrogens with one attached hydrogen (secondary N) is 2. The van der Waals surface area contributed by atoms with Crippen LogP contribution < -0.4 is 0 Å². The van der Waals surface area contributed by atoms with E-state index in [9.17, 15) is 0 Å². The highest BCUT2D eigenvalue weighted by atomic mass is 35.5. The van der Waals surface area contributed by atoms with Gasteiger partial charge < -0.3 is 9.97 Å². The maximum absolute atomic E-state index is 6.16. The summed E-state index contributed by atoms with van der Waals surface area (Å²) in [5.41, 5.74) is 1.92. The standard InChI is InChI=1S/C11H7ClN3/c12-8-1-2-9-7(3-4-13-9)10(8)11-14-5-6-15-11/h1-3,5-6,13H,(H,14,15). The highest BCUT2D eigenvalue weighted by Crippen LogP contribution is 2.32. The molecule has 1 radical (unpaired) electrons. The van der Waals surface area contributed by atoms with Gasteiger partial charge in [-0.2, -0.15) is 0 Å². The van der Waals surface area contributed by atoms with E-state index in [-0.39, 0.29) is 0 Å². The van der Waals surface area contributed by atoms with E-state index in [1.807, 2.05) is 18.2 Å². The van der Waals surface area contributed by atoms with E-state index in [0.29, 0.717) is 5.02 Å². The van der Waals surface area contributed by atoms with Crippen molar-refractivity contribution in [3.63, 3.8) is 0 Å². The third-order valence-electron chi connectivity index (χ3n) is 2.35. The molecule has 73 valence electrons. The minimum Gasteiger partial charge on any atom is -0.353 e. The molecule has 0 bridgehead atoms. The first-order chi connectivity index (χ1) is 7.36. The van der Waals surface area contributed by atoms with Gasteiger partial charge in [0.2, 0.25) is 0 Å². The Morgan fingerprint density at radius 2 is 2.27 bits per heavy atom. The Hall–Kier alpha value is -1.74. The third kappa shape index (κ3) is 1.24. The zero-order valence-electron chi connectivity index (χ0n) is 7.71. The molecule has 2 N–H and O–H groups in total. The quantitative estimate of drug-likeness (QED) is 0.645. The summed E-state index contributed by atoms with van der Waals surface area (Å²) in [7, 11) is 0. The molecular formula is C11H7ClN3. The van der Waals surface area contributed by atoms with Crippen LogP contribution in [0.1, 0.15) is 0 Å². The molecule has 2 aromatic heterocycles. The Bertz CT molecular complexity index is 595. The lowest BCUT2D eigenvalue weighted by molar-refractivity contribution is 1.32. The fourth-order valence-corrected chi connectivity index (χ4v) is 1.93. The lowest BCUT2D eigenvalue weighted by Crippen LogP contribution is -1.83. The lowest BCUT2D eigenvalue weighted by atomic mass is 10.1. The molecule has 0 fully saturated rings. The highest BCUT2D eigenvalue weighted by Gasteiger charge is 2.10. The Kier molecular flexibility index (Phi) is 1.79. The number of rotatable bonds is 1. The van der Waals surface area contributed by atoms with Gasteiger partial charge in [0.1, 0.15) is 5.82 Å². The summed E-state index contributed by atoms with van der Waals surface area (Å²) in [6.07, 6.45) is 6.43. The van der Waals surface area contributed by atoms with Crippen molar-refractivity contribution in [2.45, 2.75) is 0 Å². The van der Waals surface area contributed by atoms with Crippen molar-refractivity contribution in [3.05, 3.63) is 41.8 Å². The molecule has 2 heterocycles. The van der Waals surface area contributed by atoms with E-state index >= 15 is 0 Å². The van der Waals surface area contributed by atoms with E-state index in [0.717, 1.165) is 22.3 Å². The molecule has 0 aliphatic heterocycles. The number of fused-ring (bicyclic) bond motifs is 1. The predicted octanol–water partition coefficient (Wildman–Crippen LogP) is 3.01. The number of halogens is 1. The first kappa shape index (κ1) is 8.56. The Balaban J connectivity index is 2.41. The number of hydrogen-bond acceptors (Lipinski definition) is 1. The third-order valence-corrected chi connectivity index (χ3v) is 2.67. The molecule has 0 aliphatic carbocycles. The highest BCUT2D eigenvalue weighted by molar-refractivity contribution is 6.34. The fraction of sp³-hybridized carbons (Fsp3) is 0. The van der Waals surface area contributed by atoms with Crippen molar-refractivity contribution >= 4 is 22.5 Å². The van der Waals surface area contributed by atoms with Gasteiger partial charge >= 0.3 is 0 Å². The van der Waals surface area contributed by atoms with Crippen molar-refractivity contribution in [3.8, 4) is 11.4 Å². The van der Waals surface area contributed by atoms with Gasteiger partial charge in [0.15, 0.2) is 0 Å². The molecule has 3 aromatic rings. The molecule has 0 amide bonds. The number of imidazole rings is 1. The van der Waals surface area contributed by atoms with Crippen molar-refractivity contribution in [2.75, 3.05) is 0 Å². The van der Waals surface area contributed by atoms with Crippen LogP contribution >= 0.6 is 11.6 Å². The van der Waals surface area contributed by atoms with Crippen LogP contribution in [0.4, 0.5) is 0 Å². The van der Waals surface area contributed by atoms with Crippen molar-refractivity contribution in [1.82, 2.24) is 15.0 Å². The van der Waals surface area contributed by atoms with Gasteiger partial charge in [-0.25, -0.2) is 4.98 Å². The molecule has 3 nitrogen and oxygen atoms in total. The predicted molar refractivity (Wildman–Crippen MR) is 59.7 cm³/mol. The van der Waals surface area contributed by atoms with Crippen LogP contribution in [-0.2, 0) is 0 Å². The van der Waals surface area contributed by atoms with Gasteiger partial charge in [0, 0.05) is 28.9 Å². The van der Waals surface area contributed by atoms with E-state index in [1.165, 1.54) is 0 Å². The maximum Gasteiger partial charge on any atom is 0.139 e. The number of aromatic nitrogens is 3. The Labute approximate surface area is 91.1 Å². The lowest BCUT2D eigenvalue weighted by Gasteiger charge is -2.02. The van der Waals surface area contributed by atoms with Gasteiger partial charge in [0.05, 0.1) is 11.2 Å². The van der Waals surface area contributed by atoms with Gasteiger partial charge in [-0.3, -0.25) is 0 Å². The average Bonchev–Trinajstić information content (AvgIpc) is 2.85. The van der Waals surface area contributed by atoms with Crippen LogP contribution in [0.3, 0.4) is 0 Å². The molecule has 1 aromatic carbocycles. The molecule has 0 saturated carbocycles. The molecule has 4 heteroatoms. The van der Waals surface area contributed by atoms with Gasteiger partial charge in [-0.1, -0.05) is 11.6 Å². The van der Waals surface area contributed by atoms with E-state index in [1.54, 1.807) is 12.4 Å². The second-order valence-electron chi connectivity index (χ2n) is 3.24. The van der Waals surface area contributed by atoms with E-state index in [2.05, 4.69) is 21.1 Å². The number of benzene rings is 1. The first-order valence-electron chi connectivity index (χ1n) is 4.53. The summed E-state index contributed by atoms with van der Waals surface area (Å²) in [6, 6.07) is 5.66. The van der Waals surface area contributed by atoms with Crippen LogP contribution in [0, 0.1) is 6.20 Å². The summed E-state index contributed by atoms with van der Waals surface area (Å²) in [4.78, 5) is 10.3. The first-order valence-corrected chi connectivity index (χ1v) is 4.91. The SMILES string of the molecule is Clc1ccc2[nH][c]cc2c1-c1ncc[nH]1. The largest absolute Gasteiger partial charge is 0.353 e. The zero-order valence-corrected chi connectivity index (χ0v) is 8.47. The summed E-state index contributed by atoms with van der Waals surface area (Å²) in [6.45, 7) is 0. The Morgan fingerprint density at radius 1 is 1.33 bits per heavy atom. The molecule has 0 aliphatic rings. The minimum absolute atomic E-state index is 0.686. The topological polar surface area (TPSA) is 44.5 Å². The number of H-pyrrole nitrogens is 2. The summed E-state index contributed by atoms with van der Waals surface area (Å²) >= 11 is 6.16. The van der Waals surface area contributed by atoms with Crippen LogP contribution in [-0.4, -0.2) is 15.0 Å². The second kappa shape index (κ2) is 3.14.